The number of rotatable bonds is 4. The summed E-state index contributed by atoms with van der Waals surface area (Å²) in [6.07, 6.45) is 1.10. The topological polar surface area (TPSA) is 56.5 Å². The number of nitrogens with zero attached hydrogens (tertiary/aromatic N) is 2. The summed E-state index contributed by atoms with van der Waals surface area (Å²) in [5.74, 6) is 0. The lowest BCUT2D eigenvalue weighted by Gasteiger charge is -2.33. The van der Waals surface area contributed by atoms with Crippen molar-refractivity contribution in [3.63, 3.8) is 0 Å². The molecule has 14 heavy (non-hydrogen) atoms. The van der Waals surface area contributed by atoms with Gasteiger partial charge in [-0.3, -0.25) is 0 Å². The summed E-state index contributed by atoms with van der Waals surface area (Å²) in [6.45, 7) is 5.94. The first-order chi connectivity index (χ1) is 6.70. The molecule has 80 valence electrons. The molecule has 1 saturated heterocycles. The average Bonchev–Trinajstić information content (AvgIpc) is 2.22. The van der Waals surface area contributed by atoms with Gasteiger partial charge in [0.1, 0.15) is 0 Å². The first-order valence-corrected chi connectivity index (χ1v) is 5.14. The van der Waals surface area contributed by atoms with E-state index < -0.39 is 5.60 Å². The first kappa shape index (κ1) is 11.4. The van der Waals surface area contributed by atoms with Crippen LogP contribution in [0.25, 0.3) is 0 Å². The van der Waals surface area contributed by atoms with Crippen molar-refractivity contribution < 1.29 is 9.84 Å². The summed E-state index contributed by atoms with van der Waals surface area (Å²) in [7, 11) is 0. The average molecular weight is 198 g/mol. The maximum absolute atomic E-state index is 9.65. The zero-order chi connectivity index (χ0) is 10.4. The molecule has 0 unspecified atom stereocenters. The molecule has 1 aliphatic heterocycles. The molecular formula is C10H18N2O2. The minimum atomic E-state index is -1.08. The standard InChI is InChI=1S/C10H18N2O2/c1-2-14-8-7-12-5-3-10(13,9-11)4-6-12/h13H,2-8H2,1H3. The van der Waals surface area contributed by atoms with E-state index in [1.807, 2.05) is 13.0 Å². The number of ether oxygens (including phenoxy) is 1. The highest BCUT2D eigenvalue weighted by atomic mass is 16.5. The summed E-state index contributed by atoms with van der Waals surface area (Å²) in [5, 5.41) is 18.4. The summed E-state index contributed by atoms with van der Waals surface area (Å²) in [4.78, 5) is 2.22. The van der Waals surface area contributed by atoms with Crippen LogP contribution in [-0.4, -0.2) is 48.5 Å². The Hall–Kier alpha value is -0.630. The van der Waals surface area contributed by atoms with Crippen molar-refractivity contribution in [3.8, 4) is 6.07 Å². The van der Waals surface area contributed by atoms with Crippen LogP contribution in [0.5, 0.6) is 0 Å². The molecule has 0 aromatic carbocycles. The molecule has 0 aromatic heterocycles. The molecule has 1 heterocycles. The second-order valence-electron chi connectivity index (χ2n) is 3.68. The highest BCUT2D eigenvalue weighted by molar-refractivity contribution is 5.02. The molecule has 4 heteroatoms. The first-order valence-electron chi connectivity index (χ1n) is 5.14. The molecule has 1 N–H and O–H groups in total. The van der Waals surface area contributed by atoms with E-state index in [-0.39, 0.29) is 0 Å². The van der Waals surface area contributed by atoms with E-state index in [1.165, 1.54) is 0 Å². The van der Waals surface area contributed by atoms with E-state index in [2.05, 4.69) is 4.90 Å². The molecule has 0 atom stereocenters. The Morgan fingerprint density at radius 1 is 1.50 bits per heavy atom. The molecule has 4 nitrogen and oxygen atoms in total. The fraction of sp³-hybridized carbons (Fsp3) is 0.900. The second kappa shape index (κ2) is 5.30. The van der Waals surface area contributed by atoms with Gasteiger partial charge in [0.05, 0.1) is 12.7 Å². The molecule has 0 radical (unpaired) electrons. The Balaban J connectivity index is 2.20. The second-order valence-corrected chi connectivity index (χ2v) is 3.68. The largest absolute Gasteiger partial charge is 0.380 e. The lowest BCUT2D eigenvalue weighted by atomic mass is 9.93. The van der Waals surface area contributed by atoms with E-state index in [1.54, 1.807) is 0 Å². The van der Waals surface area contributed by atoms with Crippen LogP contribution in [-0.2, 0) is 4.74 Å². The maximum atomic E-state index is 9.65. The van der Waals surface area contributed by atoms with E-state index in [9.17, 15) is 5.11 Å². The molecule has 1 aliphatic rings. The van der Waals surface area contributed by atoms with Gasteiger partial charge in [-0.05, 0) is 6.92 Å². The molecule has 0 amide bonds. The van der Waals surface area contributed by atoms with Crippen LogP contribution in [0.3, 0.4) is 0 Å². The van der Waals surface area contributed by atoms with Crippen molar-refractivity contribution in [2.24, 2.45) is 0 Å². The zero-order valence-corrected chi connectivity index (χ0v) is 8.70. The summed E-state index contributed by atoms with van der Waals surface area (Å²) < 4.78 is 5.25. The Bertz CT molecular complexity index is 205. The van der Waals surface area contributed by atoms with Crippen LogP contribution >= 0.6 is 0 Å². The van der Waals surface area contributed by atoms with Crippen molar-refractivity contribution >= 4 is 0 Å². The number of aliphatic hydroxyl groups is 1. The lowest BCUT2D eigenvalue weighted by molar-refractivity contribution is 0.0153. The highest BCUT2D eigenvalue weighted by Gasteiger charge is 2.31. The highest BCUT2D eigenvalue weighted by Crippen LogP contribution is 2.20. The van der Waals surface area contributed by atoms with Gasteiger partial charge in [-0.2, -0.15) is 5.26 Å². The van der Waals surface area contributed by atoms with E-state index in [0.717, 1.165) is 32.8 Å². The van der Waals surface area contributed by atoms with Crippen LogP contribution in [0.15, 0.2) is 0 Å². The van der Waals surface area contributed by atoms with Gasteiger partial charge in [0.15, 0.2) is 5.60 Å². The van der Waals surface area contributed by atoms with Gasteiger partial charge in [-0.15, -0.1) is 0 Å². The third-order valence-corrected chi connectivity index (χ3v) is 2.65. The molecule has 0 aliphatic carbocycles. The van der Waals surface area contributed by atoms with Gasteiger partial charge < -0.3 is 14.7 Å². The Kier molecular flexibility index (Phi) is 4.33. The monoisotopic (exact) mass is 198 g/mol. The molecule has 0 aromatic rings. The van der Waals surface area contributed by atoms with E-state index in [0.29, 0.717) is 12.8 Å². The summed E-state index contributed by atoms with van der Waals surface area (Å²) >= 11 is 0. The number of piperidine rings is 1. The predicted molar refractivity (Wildman–Crippen MR) is 52.7 cm³/mol. The van der Waals surface area contributed by atoms with Crippen LogP contribution < -0.4 is 0 Å². The molecule has 1 rings (SSSR count). The van der Waals surface area contributed by atoms with Crippen LogP contribution in [0.2, 0.25) is 0 Å². The Morgan fingerprint density at radius 3 is 2.64 bits per heavy atom. The Morgan fingerprint density at radius 2 is 2.14 bits per heavy atom. The smallest absolute Gasteiger partial charge is 0.153 e. The van der Waals surface area contributed by atoms with Gasteiger partial charge in [0.2, 0.25) is 0 Å². The number of hydrogen-bond donors (Lipinski definition) is 1. The van der Waals surface area contributed by atoms with Gasteiger partial charge >= 0.3 is 0 Å². The minimum absolute atomic E-state index is 0.551. The number of likely N-dealkylation sites (tertiary alicyclic amines) is 1. The van der Waals surface area contributed by atoms with Crippen molar-refractivity contribution in [1.82, 2.24) is 4.90 Å². The number of hydrogen-bond acceptors (Lipinski definition) is 4. The zero-order valence-electron chi connectivity index (χ0n) is 8.70. The van der Waals surface area contributed by atoms with Crippen molar-refractivity contribution in [3.05, 3.63) is 0 Å². The van der Waals surface area contributed by atoms with Gasteiger partial charge in [-0.25, -0.2) is 0 Å². The molecule has 0 saturated carbocycles. The molecular weight excluding hydrogens is 180 g/mol. The SMILES string of the molecule is CCOCCN1CCC(O)(C#N)CC1. The van der Waals surface area contributed by atoms with Crippen LogP contribution in [0, 0.1) is 11.3 Å². The predicted octanol–water partition coefficient (Wildman–Crippen LogP) is 0.373. The Labute approximate surface area is 85.1 Å². The van der Waals surface area contributed by atoms with E-state index in [4.69, 9.17) is 10.00 Å². The molecule has 1 fully saturated rings. The van der Waals surface area contributed by atoms with Gasteiger partial charge in [0.25, 0.3) is 0 Å². The third kappa shape index (κ3) is 3.26. The maximum Gasteiger partial charge on any atom is 0.153 e. The van der Waals surface area contributed by atoms with Gasteiger partial charge in [-0.1, -0.05) is 0 Å². The normalized spacial score (nSPS) is 21.8. The van der Waals surface area contributed by atoms with Crippen molar-refractivity contribution in [2.45, 2.75) is 25.4 Å². The van der Waals surface area contributed by atoms with E-state index >= 15 is 0 Å². The fourth-order valence-corrected chi connectivity index (χ4v) is 1.60. The van der Waals surface area contributed by atoms with Crippen molar-refractivity contribution in [1.29, 1.82) is 5.26 Å². The third-order valence-electron chi connectivity index (χ3n) is 2.65. The number of nitriles is 1. The minimum Gasteiger partial charge on any atom is -0.380 e. The van der Waals surface area contributed by atoms with Crippen molar-refractivity contribution in [2.75, 3.05) is 32.8 Å². The quantitative estimate of drug-likeness (QED) is 0.524. The summed E-state index contributed by atoms with van der Waals surface area (Å²) in [6, 6.07) is 1.97. The van der Waals surface area contributed by atoms with Gasteiger partial charge in [0, 0.05) is 39.1 Å². The van der Waals surface area contributed by atoms with Crippen LogP contribution in [0.4, 0.5) is 0 Å². The molecule has 0 spiro atoms. The molecule has 0 bridgehead atoms. The fourth-order valence-electron chi connectivity index (χ4n) is 1.60. The van der Waals surface area contributed by atoms with Crippen LogP contribution in [0.1, 0.15) is 19.8 Å². The summed E-state index contributed by atoms with van der Waals surface area (Å²) in [5.41, 5.74) is -1.08. The lowest BCUT2D eigenvalue weighted by Crippen LogP contribution is -2.44.